The van der Waals surface area contributed by atoms with Crippen molar-refractivity contribution < 1.29 is 13.2 Å². The lowest BCUT2D eigenvalue weighted by Gasteiger charge is -2.10. The van der Waals surface area contributed by atoms with Gasteiger partial charge in [0.15, 0.2) is 5.82 Å². The predicted octanol–water partition coefficient (Wildman–Crippen LogP) is 3.71. The Labute approximate surface area is 126 Å². The van der Waals surface area contributed by atoms with Crippen molar-refractivity contribution in [3.8, 4) is 11.4 Å². The first-order valence-electron chi connectivity index (χ1n) is 6.89. The van der Waals surface area contributed by atoms with Crippen molar-refractivity contribution in [3.05, 3.63) is 42.0 Å². The fraction of sp³-hybridized carbons (Fsp3) is 0.400. The lowest BCUT2D eigenvalue weighted by molar-refractivity contribution is -0.141. The summed E-state index contributed by atoms with van der Waals surface area (Å²) in [5, 5.41) is 8.19. The Balaban J connectivity index is 2.31. The van der Waals surface area contributed by atoms with E-state index in [1.54, 1.807) is 11.6 Å². The molecule has 0 fully saturated rings. The van der Waals surface area contributed by atoms with Gasteiger partial charge in [0.1, 0.15) is 11.5 Å². The van der Waals surface area contributed by atoms with Crippen molar-refractivity contribution >= 4 is 0 Å². The first-order valence-corrected chi connectivity index (χ1v) is 6.89. The largest absolute Gasteiger partial charge is 0.433 e. The Morgan fingerprint density at radius 2 is 2.00 bits per heavy atom. The Morgan fingerprint density at radius 3 is 2.59 bits per heavy atom. The van der Waals surface area contributed by atoms with Crippen molar-refractivity contribution in [2.75, 3.05) is 0 Å². The number of alkyl halides is 3. The second-order valence-corrected chi connectivity index (χ2v) is 5.01. The summed E-state index contributed by atoms with van der Waals surface area (Å²) < 4.78 is 39.8. The highest BCUT2D eigenvalue weighted by atomic mass is 19.4. The summed E-state index contributed by atoms with van der Waals surface area (Å²) in [7, 11) is 1.80. The number of rotatable bonds is 5. The first-order chi connectivity index (χ1) is 10.3. The zero-order valence-corrected chi connectivity index (χ0v) is 12.5. The van der Waals surface area contributed by atoms with Crippen molar-refractivity contribution in [2.24, 2.45) is 7.05 Å². The third-order valence-electron chi connectivity index (χ3n) is 3.39. The normalized spacial score (nSPS) is 11.7. The van der Waals surface area contributed by atoms with Crippen molar-refractivity contribution in [1.29, 1.82) is 0 Å². The predicted molar refractivity (Wildman–Crippen MR) is 77.1 cm³/mol. The Bertz CT molecular complexity index is 674. The molecule has 0 amide bonds. The molecule has 0 spiro atoms. The van der Waals surface area contributed by atoms with Gasteiger partial charge in [-0.05, 0) is 31.9 Å². The average molecular weight is 310 g/mol. The molecule has 0 unspecified atom stereocenters. The molecule has 0 aliphatic heterocycles. The van der Waals surface area contributed by atoms with Gasteiger partial charge < -0.3 is 4.57 Å². The average Bonchev–Trinajstić information content (AvgIpc) is 2.80. The van der Waals surface area contributed by atoms with Gasteiger partial charge in [0.05, 0.1) is 0 Å². The van der Waals surface area contributed by atoms with Crippen LogP contribution in [-0.4, -0.2) is 19.7 Å². The monoisotopic (exact) mass is 310 g/mol. The molecular weight excluding hydrogens is 293 g/mol. The van der Waals surface area contributed by atoms with Gasteiger partial charge in [-0.1, -0.05) is 6.08 Å². The first kappa shape index (κ1) is 16.2. The standard InChI is InChI=1S/C15H17F3N4/c1-4-5-6-7-13-20-21-14(22(13)3)11-8-9-12(15(16,17)18)19-10(11)2/h4,8-9H,1,5-7H2,2-3H3. The zero-order valence-electron chi connectivity index (χ0n) is 12.5. The van der Waals surface area contributed by atoms with Gasteiger partial charge in [-0.25, -0.2) is 4.98 Å². The number of hydrogen-bond acceptors (Lipinski definition) is 3. The van der Waals surface area contributed by atoms with Gasteiger partial charge in [0, 0.05) is 24.7 Å². The molecule has 22 heavy (non-hydrogen) atoms. The van der Waals surface area contributed by atoms with Crippen LogP contribution < -0.4 is 0 Å². The molecule has 2 aromatic rings. The van der Waals surface area contributed by atoms with Crippen LogP contribution in [0.15, 0.2) is 24.8 Å². The van der Waals surface area contributed by atoms with E-state index in [0.29, 0.717) is 11.4 Å². The molecule has 0 aliphatic rings. The summed E-state index contributed by atoms with van der Waals surface area (Å²) >= 11 is 0. The third-order valence-corrected chi connectivity index (χ3v) is 3.39. The van der Waals surface area contributed by atoms with E-state index in [-0.39, 0.29) is 5.69 Å². The molecule has 0 saturated carbocycles. The summed E-state index contributed by atoms with van der Waals surface area (Å²) in [6.07, 6.45) is -0.0916. The minimum atomic E-state index is -4.45. The van der Waals surface area contributed by atoms with Gasteiger partial charge in [-0.3, -0.25) is 0 Å². The molecule has 2 rings (SSSR count). The minimum absolute atomic E-state index is 0.281. The van der Waals surface area contributed by atoms with Gasteiger partial charge in [-0.2, -0.15) is 13.2 Å². The number of halogens is 3. The summed E-state index contributed by atoms with van der Waals surface area (Å²) in [4.78, 5) is 3.63. The Hall–Kier alpha value is -2.18. The van der Waals surface area contributed by atoms with Crippen LogP contribution in [0.1, 0.15) is 30.1 Å². The fourth-order valence-electron chi connectivity index (χ4n) is 2.17. The van der Waals surface area contributed by atoms with Crippen molar-refractivity contribution in [2.45, 2.75) is 32.4 Å². The summed E-state index contributed by atoms with van der Waals surface area (Å²) in [5.41, 5.74) is -0.0666. The molecule has 7 heteroatoms. The molecule has 0 radical (unpaired) electrons. The van der Waals surface area contributed by atoms with Crippen LogP contribution in [0.2, 0.25) is 0 Å². The van der Waals surface area contributed by atoms with E-state index in [1.807, 2.05) is 6.08 Å². The maximum absolute atomic E-state index is 12.7. The maximum Gasteiger partial charge on any atom is 0.433 e. The lowest BCUT2D eigenvalue weighted by Crippen LogP contribution is -2.09. The lowest BCUT2D eigenvalue weighted by atomic mass is 10.1. The highest BCUT2D eigenvalue weighted by molar-refractivity contribution is 5.58. The highest BCUT2D eigenvalue weighted by Gasteiger charge is 2.33. The Morgan fingerprint density at radius 1 is 1.27 bits per heavy atom. The molecule has 2 aromatic heterocycles. The molecule has 0 aromatic carbocycles. The fourth-order valence-corrected chi connectivity index (χ4v) is 2.17. The van der Waals surface area contributed by atoms with Crippen LogP contribution in [0.5, 0.6) is 0 Å². The van der Waals surface area contributed by atoms with E-state index in [9.17, 15) is 13.2 Å². The molecule has 0 bridgehead atoms. The maximum atomic E-state index is 12.7. The summed E-state index contributed by atoms with van der Waals surface area (Å²) in [6, 6.07) is 2.36. The molecule has 0 atom stereocenters. The van der Waals surface area contributed by atoms with Crippen molar-refractivity contribution in [3.63, 3.8) is 0 Å². The number of aryl methyl sites for hydroxylation is 2. The Kier molecular flexibility index (Phi) is 4.63. The molecule has 118 valence electrons. The molecule has 2 heterocycles. The van der Waals surface area contributed by atoms with E-state index < -0.39 is 11.9 Å². The highest BCUT2D eigenvalue weighted by Crippen LogP contribution is 2.30. The number of aromatic nitrogens is 4. The number of nitrogens with zero attached hydrogens (tertiary/aromatic N) is 4. The molecule has 0 saturated heterocycles. The van der Waals surface area contributed by atoms with Crippen LogP contribution in [0, 0.1) is 6.92 Å². The van der Waals surface area contributed by atoms with Crippen molar-refractivity contribution in [1.82, 2.24) is 19.7 Å². The molecule has 4 nitrogen and oxygen atoms in total. The number of allylic oxidation sites excluding steroid dienone is 1. The van der Waals surface area contributed by atoms with Gasteiger partial charge >= 0.3 is 6.18 Å². The quantitative estimate of drug-likeness (QED) is 0.624. The number of unbranched alkanes of at least 4 members (excludes halogenated alkanes) is 1. The van der Waals surface area contributed by atoms with E-state index in [4.69, 9.17) is 0 Å². The second-order valence-electron chi connectivity index (χ2n) is 5.01. The van der Waals surface area contributed by atoms with E-state index in [0.717, 1.165) is 31.2 Å². The van der Waals surface area contributed by atoms with E-state index in [2.05, 4.69) is 21.8 Å². The van der Waals surface area contributed by atoms with E-state index >= 15 is 0 Å². The third kappa shape index (κ3) is 3.35. The molecule has 0 aliphatic carbocycles. The van der Waals surface area contributed by atoms with Gasteiger partial charge in [-0.15, -0.1) is 16.8 Å². The van der Waals surface area contributed by atoms with E-state index in [1.165, 1.54) is 13.0 Å². The van der Waals surface area contributed by atoms with Gasteiger partial charge in [0.25, 0.3) is 0 Å². The SMILES string of the molecule is C=CCCCc1nnc(-c2ccc(C(F)(F)F)nc2C)n1C. The smallest absolute Gasteiger partial charge is 0.314 e. The number of hydrogen-bond donors (Lipinski definition) is 0. The second kappa shape index (κ2) is 6.29. The molecular formula is C15H17F3N4. The van der Waals surface area contributed by atoms with Gasteiger partial charge in [0.2, 0.25) is 0 Å². The van der Waals surface area contributed by atoms with Crippen LogP contribution in [-0.2, 0) is 19.6 Å². The number of pyridine rings is 1. The minimum Gasteiger partial charge on any atom is -0.314 e. The van der Waals surface area contributed by atoms with Crippen LogP contribution in [0.25, 0.3) is 11.4 Å². The molecule has 0 N–H and O–H groups in total. The topological polar surface area (TPSA) is 43.6 Å². The zero-order chi connectivity index (χ0) is 16.3. The summed E-state index contributed by atoms with van der Waals surface area (Å²) in [6.45, 7) is 5.20. The summed E-state index contributed by atoms with van der Waals surface area (Å²) in [5.74, 6) is 1.31. The van der Waals surface area contributed by atoms with Crippen LogP contribution >= 0.6 is 0 Å². The van der Waals surface area contributed by atoms with Crippen LogP contribution in [0.4, 0.5) is 13.2 Å². The van der Waals surface area contributed by atoms with Crippen LogP contribution in [0.3, 0.4) is 0 Å².